The number of aliphatic hydroxyl groups is 1. The average molecular weight is 196 g/mol. The maximum absolute atomic E-state index is 9.81. The molecule has 2 unspecified atom stereocenters. The van der Waals surface area contributed by atoms with E-state index >= 15 is 0 Å². The smallest absolute Gasteiger partial charge is 0.0774 e. The van der Waals surface area contributed by atoms with Crippen molar-refractivity contribution in [3.8, 4) is 0 Å². The van der Waals surface area contributed by atoms with Crippen LogP contribution < -0.4 is 0 Å². The Morgan fingerprint density at radius 1 is 1.43 bits per heavy atom. The Morgan fingerprint density at radius 3 is 2.57 bits per heavy atom. The van der Waals surface area contributed by atoms with Gasteiger partial charge in [-0.25, -0.2) is 0 Å². The second kappa shape index (κ2) is 4.48. The molecule has 1 aliphatic rings. The van der Waals surface area contributed by atoms with E-state index in [0.717, 1.165) is 5.92 Å². The number of rotatable bonds is 3. The molecular formula is C13H24O. The highest BCUT2D eigenvalue weighted by Gasteiger charge is 2.28. The molecule has 1 saturated carbocycles. The summed E-state index contributed by atoms with van der Waals surface area (Å²) < 4.78 is 0. The molecule has 0 bridgehead atoms. The van der Waals surface area contributed by atoms with E-state index in [2.05, 4.69) is 19.9 Å². The van der Waals surface area contributed by atoms with Gasteiger partial charge in [-0.2, -0.15) is 0 Å². The van der Waals surface area contributed by atoms with Crippen molar-refractivity contribution in [1.29, 1.82) is 0 Å². The molecule has 1 fully saturated rings. The first kappa shape index (κ1) is 11.8. The number of hydrogen-bond acceptors (Lipinski definition) is 1. The molecule has 0 aliphatic heterocycles. The summed E-state index contributed by atoms with van der Waals surface area (Å²) in [6.45, 7) is 8.26. The Balaban J connectivity index is 2.76. The van der Waals surface area contributed by atoms with E-state index in [1.54, 1.807) is 0 Å². The first-order valence-corrected chi connectivity index (χ1v) is 5.89. The lowest BCUT2D eigenvalue weighted by Crippen LogP contribution is -2.17. The summed E-state index contributed by atoms with van der Waals surface area (Å²) in [5.41, 5.74) is 0.860. The molecule has 0 saturated heterocycles. The highest BCUT2D eigenvalue weighted by Crippen LogP contribution is 2.39. The zero-order chi connectivity index (χ0) is 10.8. The fraction of sp³-hybridized carbons (Fsp3) is 0.846. The Hall–Kier alpha value is -0.300. The van der Waals surface area contributed by atoms with Crippen molar-refractivity contribution in [2.75, 3.05) is 0 Å². The van der Waals surface area contributed by atoms with Gasteiger partial charge in [0.1, 0.15) is 0 Å². The van der Waals surface area contributed by atoms with Gasteiger partial charge < -0.3 is 5.11 Å². The van der Waals surface area contributed by atoms with Crippen molar-refractivity contribution in [3.05, 3.63) is 11.6 Å². The van der Waals surface area contributed by atoms with Crippen molar-refractivity contribution in [1.82, 2.24) is 0 Å². The maximum Gasteiger partial charge on any atom is 0.0774 e. The molecule has 1 rings (SSSR count). The monoisotopic (exact) mass is 196 g/mol. The highest BCUT2D eigenvalue weighted by atomic mass is 16.3. The van der Waals surface area contributed by atoms with Gasteiger partial charge >= 0.3 is 0 Å². The molecule has 82 valence electrons. The van der Waals surface area contributed by atoms with Crippen molar-refractivity contribution in [2.24, 2.45) is 11.8 Å². The van der Waals surface area contributed by atoms with Crippen LogP contribution in [0.3, 0.4) is 0 Å². The van der Waals surface area contributed by atoms with Gasteiger partial charge in [-0.3, -0.25) is 0 Å². The molecule has 0 aromatic rings. The van der Waals surface area contributed by atoms with Gasteiger partial charge in [0.05, 0.1) is 5.60 Å². The minimum Gasteiger partial charge on any atom is -0.386 e. The van der Waals surface area contributed by atoms with Crippen LogP contribution in [-0.4, -0.2) is 10.7 Å². The van der Waals surface area contributed by atoms with Crippen LogP contribution in [0.1, 0.15) is 53.4 Å². The predicted molar refractivity (Wildman–Crippen MR) is 61.2 cm³/mol. The van der Waals surface area contributed by atoms with E-state index in [1.165, 1.54) is 31.3 Å². The molecule has 0 spiro atoms. The summed E-state index contributed by atoms with van der Waals surface area (Å²) in [4.78, 5) is 0. The molecule has 1 heteroatoms. The molecule has 0 heterocycles. The second-order valence-electron chi connectivity index (χ2n) is 5.26. The third-order valence-electron chi connectivity index (χ3n) is 3.15. The molecule has 0 amide bonds. The fourth-order valence-corrected chi connectivity index (χ4v) is 2.51. The molecule has 1 aliphatic carbocycles. The fourth-order valence-electron chi connectivity index (χ4n) is 2.51. The SMILES string of the molecule is CCCC1CCC(C)/C1=C/C(C)(C)O. The molecule has 1 N–H and O–H groups in total. The molecule has 14 heavy (non-hydrogen) atoms. The van der Waals surface area contributed by atoms with Crippen LogP contribution in [0.25, 0.3) is 0 Å². The van der Waals surface area contributed by atoms with Gasteiger partial charge in [0.15, 0.2) is 0 Å². The summed E-state index contributed by atoms with van der Waals surface area (Å²) in [6.07, 6.45) is 7.24. The molecular weight excluding hydrogens is 172 g/mol. The largest absolute Gasteiger partial charge is 0.386 e. The predicted octanol–water partition coefficient (Wildman–Crippen LogP) is 3.53. The number of allylic oxidation sites excluding steroid dienone is 1. The zero-order valence-corrected chi connectivity index (χ0v) is 10.0. The number of hydrogen-bond donors (Lipinski definition) is 1. The van der Waals surface area contributed by atoms with Crippen LogP contribution in [0.2, 0.25) is 0 Å². The second-order valence-corrected chi connectivity index (χ2v) is 5.26. The van der Waals surface area contributed by atoms with E-state index < -0.39 is 5.60 Å². The minimum absolute atomic E-state index is 0.639. The van der Waals surface area contributed by atoms with E-state index in [1.807, 2.05) is 13.8 Å². The Bertz CT molecular complexity index is 208. The Labute approximate surface area is 88.2 Å². The molecule has 2 atom stereocenters. The quantitative estimate of drug-likeness (QED) is 0.685. The summed E-state index contributed by atoms with van der Waals surface area (Å²) in [6, 6.07) is 0. The normalized spacial score (nSPS) is 31.4. The Morgan fingerprint density at radius 2 is 2.07 bits per heavy atom. The average Bonchev–Trinajstić information content (AvgIpc) is 2.34. The van der Waals surface area contributed by atoms with Crippen LogP contribution in [-0.2, 0) is 0 Å². The summed E-state index contributed by atoms with van der Waals surface area (Å²) in [7, 11) is 0. The highest BCUT2D eigenvalue weighted by molar-refractivity contribution is 5.18. The lowest BCUT2D eigenvalue weighted by Gasteiger charge is -2.19. The first-order chi connectivity index (χ1) is 6.44. The third kappa shape index (κ3) is 3.13. The molecule has 0 aromatic carbocycles. The van der Waals surface area contributed by atoms with Crippen LogP contribution >= 0.6 is 0 Å². The van der Waals surface area contributed by atoms with Gasteiger partial charge in [0, 0.05) is 0 Å². The maximum atomic E-state index is 9.81. The van der Waals surface area contributed by atoms with Gasteiger partial charge in [-0.05, 0) is 44.9 Å². The van der Waals surface area contributed by atoms with Crippen LogP contribution in [0.4, 0.5) is 0 Å². The third-order valence-corrected chi connectivity index (χ3v) is 3.15. The Kier molecular flexibility index (Phi) is 3.77. The van der Waals surface area contributed by atoms with E-state index in [-0.39, 0.29) is 0 Å². The van der Waals surface area contributed by atoms with Crippen molar-refractivity contribution in [2.45, 2.75) is 59.0 Å². The van der Waals surface area contributed by atoms with Gasteiger partial charge in [-0.1, -0.05) is 31.9 Å². The van der Waals surface area contributed by atoms with Gasteiger partial charge in [-0.15, -0.1) is 0 Å². The molecule has 0 radical (unpaired) electrons. The van der Waals surface area contributed by atoms with Gasteiger partial charge in [0.25, 0.3) is 0 Å². The van der Waals surface area contributed by atoms with Crippen LogP contribution in [0.15, 0.2) is 11.6 Å². The van der Waals surface area contributed by atoms with E-state index in [0.29, 0.717) is 5.92 Å². The zero-order valence-electron chi connectivity index (χ0n) is 10.0. The lowest BCUT2D eigenvalue weighted by atomic mass is 9.90. The van der Waals surface area contributed by atoms with Gasteiger partial charge in [0.2, 0.25) is 0 Å². The standard InChI is InChI=1S/C13H24O/c1-5-6-11-8-7-10(2)12(11)9-13(3,4)14/h9-11,14H,5-8H2,1-4H3/b12-9-. The van der Waals surface area contributed by atoms with Crippen LogP contribution in [0, 0.1) is 11.8 Å². The van der Waals surface area contributed by atoms with Crippen molar-refractivity contribution >= 4 is 0 Å². The van der Waals surface area contributed by atoms with Crippen molar-refractivity contribution < 1.29 is 5.11 Å². The van der Waals surface area contributed by atoms with E-state index in [4.69, 9.17) is 0 Å². The van der Waals surface area contributed by atoms with Crippen molar-refractivity contribution in [3.63, 3.8) is 0 Å². The topological polar surface area (TPSA) is 20.2 Å². The van der Waals surface area contributed by atoms with E-state index in [9.17, 15) is 5.11 Å². The summed E-state index contributed by atoms with van der Waals surface area (Å²) >= 11 is 0. The molecule has 1 nitrogen and oxygen atoms in total. The lowest BCUT2D eigenvalue weighted by molar-refractivity contribution is 0.131. The summed E-state index contributed by atoms with van der Waals surface area (Å²) in [5.74, 6) is 1.42. The minimum atomic E-state index is -0.639. The van der Waals surface area contributed by atoms with Crippen LogP contribution in [0.5, 0.6) is 0 Å². The first-order valence-electron chi connectivity index (χ1n) is 5.89. The molecule has 0 aromatic heterocycles. The summed E-state index contributed by atoms with van der Waals surface area (Å²) in [5, 5.41) is 9.81.